The molecule has 2 aliphatic rings. The fraction of sp³-hybridized carbons (Fsp3) is 0.381. The van der Waals surface area contributed by atoms with E-state index in [1.165, 1.54) is 37.8 Å². The van der Waals surface area contributed by atoms with Gasteiger partial charge in [-0.1, -0.05) is 12.2 Å². The third kappa shape index (κ3) is 3.69. The SMILES string of the molecule is COc1ccc(-c2ccc(=O)n(CC(=O)NC[C@@H]3C[C@@H]4C=C[C@H]3C4)n2)c(F)c1. The molecule has 1 aromatic carbocycles. The molecule has 2 aliphatic carbocycles. The number of benzene rings is 1. The van der Waals surface area contributed by atoms with Gasteiger partial charge in [-0.3, -0.25) is 9.59 Å². The van der Waals surface area contributed by atoms with Crippen molar-refractivity contribution in [2.24, 2.45) is 17.8 Å². The molecule has 0 unspecified atom stereocenters. The number of carbonyl (C=O) groups excluding carboxylic acids is 1. The van der Waals surface area contributed by atoms with Crippen LogP contribution in [0.1, 0.15) is 12.8 Å². The molecule has 1 fully saturated rings. The van der Waals surface area contributed by atoms with Crippen LogP contribution in [0.5, 0.6) is 5.75 Å². The van der Waals surface area contributed by atoms with Crippen LogP contribution in [0, 0.1) is 23.6 Å². The molecule has 6 nitrogen and oxygen atoms in total. The number of hydrogen-bond donors (Lipinski definition) is 1. The number of methoxy groups -OCH3 is 1. The lowest BCUT2D eigenvalue weighted by molar-refractivity contribution is -0.122. The van der Waals surface area contributed by atoms with Crippen molar-refractivity contribution in [3.8, 4) is 17.0 Å². The molecule has 3 atom stereocenters. The number of hydrogen-bond acceptors (Lipinski definition) is 4. The minimum atomic E-state index is -0.508. The number of carbonyl (C=O) groups is 1. The Morgan fingerprint density at radius 3 is 2.82 bits per heavy atom. The summed E-state index contributed by atoms with van der Waals surface area (Å²) in [5, 5.41) is 7.08. The minimum Gasteiger partial charge on any atom is -0.497 e. The summed E-state index contributed by atoms with van der Waals surface area (Å²) in [7, 11) is 1.46. The maximum atomic E-state index is 14.3. The van der Waals surface area contributed by atoms with Crippen LogP contribution in [0.4, 0.5) is 4.39 Å². The van der Waals surface area contributed by atoms with Crippen molar-refractivity contribution >= 4 is 5.91 Å². The third-order valence-electron chi connectivity index (χ3n) is 5.59. The first kappa shape index (κ1) is 18.4. The van der Waals surface area contributed by atoms with Gasteiger partial charge < -0.3 is 10.1 Å². The highest BCUT2D eigenvalue weighted by Gasteiger charge is 2.35. The molecule has 1 aromatic heterocycles. The lowest BCUT2D eigenvalue weighted by atomic mass is 9.94. The minimum absolute atomic E-state index is 0.193. The predicted molar refractivity (Wildman–Crippen MR) is 102 cm³/mol. The van der Waals surface area contributed by atoms with Crippen molar-refractivity contribution in [3.63, 3.8) is 0 Å². The molecular weight excluding hydrogens is 361 g/mol. The Labute approximate surface area is 162 Å². The van der Waals surface area contributed by atoms with Gasteiger partial charge in [0.1, 0.15) is 18.1 Å². The highest BCUT2D eigenvalue weighted by molar-refractivity contribution is 5.75. The molecule has 1 N–H and O–H groups in total. The number of amides is 1. The Morgan fingerprint density at radius 1 is 1.29 bits per heavy atom. The highest BCUT2D eigenvalue weighted by Crippen LogP contribution is 2.42. The second-order valence-corrected chi connectivity index (χ2v) is 7.40. The summed E-state index contributed by atoms with van der Waals surface area (Å²) < 4.78 is 20.4. The third-order valence-corrected chi connectivity index (χ3v) is 5.59. The molecular formula is C21H22FN3O3. The molecule has 2 aromatic rings. The zero-order valence-corrected chi connectivity index (χ0v) is 15.6. The normalized spacial score (nSPS) is 22.4. The second-order valence-electron chi connectivity index (χ2n) is 7.40. The summed E-state index contributed by atoms with van der Waals surface area (Å²) in [6, 6.07) is 7.15. The van der Waals surface area contributed by atoms with E-state index in [1.807, 2.05) is 0 Å². The van der Waals surface area contributed by atoms with E-state index < -0.39 is 11.4 Å². The smallest absolute Gasteiger partial charge is 0.267 e. The van der Waals surface area contributed by atoms with Crippen LogP contribution in [0.2, 0.25) is 0 Å². The van der Waals surface area contributed by atoms with E-state index in [9.17, 15) is 14.0 Å². The van der Waals surface area contributed by atoms with E-state index in [0.29, 0.717) is 30.0 Å². The number of aromatic nitrogens is 2. The average Bonchev–Trinajstić information content (AvgIpc) is 3.31. The number of halogens is 1. The zero-order chi connectivity index (χ0) is 19.7. The fourth-order valence-electron chi connectivity index (χ4n) is 4.10. The molecule has 7 heteroatoms. The van der Waals surface area contributed by atoms with Gasteiger partial charge in [0.2, 0.25) is 5.91 Å². The molecule has 0 saturated heterocycles. The Morgan fingerprint density at radius 2 is 2.14 bits per heavy atom. The highest BCUT2D eigenvalue weighted by atomic mass is 19.1. The monoisotopic (exact) mass is 383 g/mol. The van der Waals surface area contributed by atoms with Gasteiger partial charge in [-0.2, -0.15) is 5.10 Å². The van der Waals surface area contributed by atoms with Gasteiger partial charge in [0.05, 0.1) is 12.8 Å². The standard InChI is InChI=1S/C21H22FN3O3/c1-28-16-4-5-17(18(22)10-16)19-6-7-21(27)25(24-19)12-20(26)23-11-15-9-13-2-3-14(15)8-13/h2-7,10,13-15H,8-9,11-12H2,1H3,(H,23,26)/t13-,14+,15+/m1/s1. The molecule has 0 aliphatic heterocycles. The van der Waals surface area contributed by atoms with Crippen molar-refractivity contribution in [1.82, 2.24) is 15.1 Å². The van der Waals surface area contributed by atoms with Crippen LogP contribution in [0.3, 0.4) is 0 Å². The van der Waals surface area contributed by atoms with Crippen molar-refractivity contribution in [2.45, 2.75) is 19.4 Å². The number of nitrogens with zero attached hydrogens (tertiary/aromatic N) is 2. The van der Waals surface area contributed by atoms with E-state index in [4.69, 9.17) is 4.74 Å². The van der Waals surface area contributed by atoms with E-state index in [-0.39, 0.29) is 23.7 Å². The molecule has 0 radical (unpaired) electrons. The van der Waals surface area contributed by atoms with E-state index in [2.05, 4.69) is 22.6 Å². The molecule has 28 heavy (non-hydrogen) atoms. The van der Waals surface area contributed by atoms with Crippen LogP contribution in [0.15, 0.2) is 47.3 Å². The van der Waals surface area contributed by atoms with Crippen LogP contribution >= 0.6 is 0 Å². The summed E-state index contributed by atoms with van der Waals surface area (Å²) in [5.41, 5.74) is 0.116. The van der Waals surface area contributed by atoms with Gasteiger partial charge in [0.15, 0.2) is 0 Å². The van der Waals surface area contributed by atoms with Crippen molar-refractivity contribution in [3.05, 3.63) is 58.7 Å². The first-order chi connectivity index (χ1) is 13.5. The average molecular weight is 383 g/mol. The molecule has 4 rings (SSSR count). The van der Waals surface area contributed by atoms with Gasteiger partial charge >= 0.3 is 0 Å². The van der Waals surface area contributed by atoms with E-state index >= 15 is 0 Å². The summed E-state index contributed by atoms with van der Waals surface area (Å²) >= 11 is 0. The molecule has 1 saturated carbocycles. The van der Waals surface area contributed by atoms with E-state index in [0.717, 1.165) is 11.1 Å². The number of nitrogens with one attached hydrogen (secondary N) is 1. The lowest BCUT2D eigenvalue weighted by Crippen LogP contribution is -2.36. The number of allylic oxidation sites excluding steroid dienone is 2. The first-order valence-electron chi connectivity index (χ1n) is 9.40. The number of ether oxygens (including phenoxy) is 1. The topological polar surface area (TPSA) is 73.2 Å². The van der Waals surface area contributed by atoms with Crippen LogP contribution in [0.25, 0.3) is 11.3 Å². The maximum absolute atomic E-state index is 14.3. The van der Waals surface area contributed by atoms with Gasteiger partial charge in [-0.05, 0) is 48.8 Å². The van der Waals surface area contributed by atoms with Gasteiger partial charge in [-0.25, -0.2) is 9.07 Å². The van der Waals surface area contributed by atoms with Gasteiger partial charge in [-0.15, -0.1) is 0 Å². The molecule has 1 heterocycles. The van der Waals surface area contributed by atoms with Crippen LogP contribution < -0.4 is 15.6 Å². The Bertz CT molecular complexity index is 985. The van der Waals surface area contributed by atoms with Crippen molar-refractivity contribution in [2.75, 3.05) is 13.7 Å². The maximum Gasteiger partial charge on any atom is 0.267 e. The largest absolute Gasteiger partial charge is 0.497 e. The zero-order valence-electron chi connectivity index (χ0n) is 15.6. The Hall–Kier alpha value is -2.96. The van der Waals surface area contributed by atoms with Crippen molar-refractivity contribution in [1.29, 1.82) is 0 Å². The summed E-state index contributed by atoms with van der Waals surface area (Å²) in [6.45, 7) is 0.410. The number of fused-ring (bicyclic) bond motifs is 2. The summed E-state index contributed by atoms with van der Waals surface area (Å²) in [6.07, 6.45) is 6.78. The summed E-state index contributed by atoms with van der Waals surface area (Å²) in [4.78, 5) is 24.4. The van der Waals surface area contributed by atoms with Crippen molar-refractivity contribution < 1.29 is 13.9 Å². The molecule has 0 spiro atoms. The first-order valence-corrected chi connectivity index (χ1v) is 9.40. The lowest BCUT2D eigenvalue weighted by Gasteiger charge is -2.18. The van der Waals surface area contributed by atoms with Crippen LogP contribution in [-0.2, 0) is 11.3 Å². The predicted octanol–water partition coefficient (Wildman–Crippen LogP) is 2.39. The summed E-state index contributed by atoms with van der Waals surface area (Å²) in [5.74, 6) is 1.27. The van der Waals surface area contributed by atoms with Gasteiger partial charge in [0, 0.05) is 24.2 Å². The fourth-order valence-corrected chi connectivity index (χ4v) is 4.10. The van der Waals surface area contributed by atoms with Gasteiger partial charge in [0.25, 0.3) is 5.56 Å². The second kappa shape index (κ2) is 7.58. The molecule has 146 valence electrons. The molecule has 2 bridgehead atoms. The Kier molecular flexibility index (Phi) is 4.98. The number of rotatable bonds is 6. The van der Waals surface area contributed by atoms with E-state index in [1.54, 1.807) is 6.07 Å². The Balaban J connectivity index is 1.44. The van der Waals surface area contributed by atoms with Crippen LogP contribution in [-0.4, -0.2) is 29.3 Å². The molecule has 1 amide bonds. The quantitative estimate of drug-likeness (QED) is 0.778.